The molecule has 0 saturated carbocycles. The predicted octanol–water partition coefficient (Wildman–Crippen LogP) is 17.3. The molecule has 0 aliphatic heterocycles. The van der Waals surface area contributed by atoms with Crippen molar-refractivity contribution < 1.29 is 4.52 Å². The van der Waals surface area contributed by atoms with Crippen molar-refractivity contribution in [2.45, 2.75) is 246 Å². The molecule has 0 radical (unpaired) electrons. The van der Waals surface area contributed by atoms with E-state index in [1.165, 1.54) is 0 Å². The molecule has 72 heavy (non-hydrogen) atoms. The second kappa shape index (κ2) is 42.6. The third kappa shape index (κ3) is 20.4. The molecule has 0 aromatic rings. The second-order valence-corrected chi connectivity index (χ2v) is 29.3. The summed E-state index contributed by atoms with van der Waals surface area (Å²) in [6, 6.07) is 0. The van der Waals surface area contributed by atoms with Gasteiger partial charge in [-0.3, -0.25) is 4.52 Å². The van der Waals surface area contributed by atoms with E-state index >= 15 is 0 Å². The summed E-state index contributed by atoms with van der Waals surface area (Å²) in [5.41, 5.74) is 0. The van der Waals surface area contributed by atoms with E-state index in [4.69, 9.17) is 18.8 Å². The first-order chi connectivity index (χ1) is 34.9. The highest BCUT2D eigenvalue weighted by molar-refractivity contribution is 7.60. The first kappa shape index (κ1) is 72.7. The van der Waals surface area contributed by atoms with E-state index < -0.39 is 28.5 Å². The van der Waals surface area contributed by atoms with Gasteiger partial charge in [0, 0.05) is 127 Å². The molecule has 0 heterocycles. The molecule has 0 fully saturated rings. The number of hydrogen-bond acceptors (Lipinski definition) is 4. The van der Waals surface area contributed by atoms with Crippen LogP contribution in [0.2, 0.25) is 0 Å². The fraction of sp³-hybridized carbons (Fsp3) is 1.00. The fourth-order valence-corrected chi connectivity index (χ4v) is 25.8. The summed E-state index contributed by atoms with van der Waals surface area (Å²) < 4.78 is 54.6. The summed E-state index contributed by atoms with van der Waals surface area (Å²) in [7, 11) is -5.72. The maximum Gasteiger partial charge on any atom is 0.372 e. The summed E-state index contributed by atoms with van der Waals surface area (Å²) >= 11 is 0. The highest BCUT2D eigenvalue weighted by Crippen LogP contribution is 2.70. The average molecular weight is 1100 g/mol. The Bertz CT molecular complexity index is 1110. The van der Waals surface area contributed by atoms with Gasteiger partial charge in [0.2, 0.25) is 0 Å². The molecule has 1 unspecified atom stereocenters. The summed E-state index contributed by atoms with van der Waals surface area (Å²) in [6.45, 7) is 60.3. The van der Waals surface area contributed by atoms with Crippen molar-refractivity contribution in [3.63, 3.8) is 0 Å². The van der Waals surface area contributed by atoms with Gasteiger partial charge in [-0.1, -0.05) is 125 Å². The monoisotopic (exact) mass is 1100 g/mol. The van der Waals surface area contributed by atoms with E-state index in [1.54, 1.807) is 0 Å². The SMILES string of the molecule is CCCN(CCC)P(=NC(N=P(N(CCC)CCC)(N(CCC)CCC)N(CCC)CCC)(N=P(N(CCC)CCC)(N(CCC)CCC)N(CCC)CCC)OP)(N(CCC)CCC)N(CCC)CCC. The Kier molecular flexibility index (Phi) is 43.1. The third-order valence-corrected chi connectivity index (χ3v) is 25.4. The molecule has 0 saturated heterocycles. The van der Waals surface area contributed by atoms with Gasteiger partial charge in [-0.2, -0.15) is 14.2 Å². The van der Waals surface area contributed by atoms with Gasteiger partial charge in [-0.15, -0.1) is 0 Å². The highest BCUT2D eigenvalue weighted by Gasteiger charge is 2.51. The second-order valence-electron chi connectivity index (χ2n) is 20.2. The molecule has 0 spiro atoms. The van der Waals surface area contributed by atoms with Crippen LogP contribution < -0.4 is 0 Å². The van der Waals surface area contributed by atoms with Gasteiger partial charge < -0.3 is 0 Å². The Labute approximate surface area is 454 Å². The van der Waals surface area contributed by atoms with Crippen molar-refractivity contribution >= 4 is 32.0 Å². The molecule has 0 aromatic carbocycles. The van der Waals surface area contributed by atoms with Crippen LogP contribution in [0.1, 0.15) is 240 Å². The first-order valence-electron chi connectivity index (χ1n) is 30.9. The number of nitrogens with zero attached hydrogens (tertiary/aromatic N) is 12. The highest BCUT2D eigenvalue weighted by atomic mass is 31.2. The predicted molar refractivity (Wildman–Crippen MR) is 331 cm³/mol. The van der Waals surface area contributed by atoms with Crippen LogP contribution in [-0.4, -0.2) is 166 Å². The molecule has 0 amide bonds. The summed E-state index contributed by atoms with van der Waals surface area (Å²) in [4.78, 5) is 0. The van der Waals surface area contributed by atoms with Gasteiger partial charge in [0.1, 0.15) is 0 Å². The van der Waals surface area contributed by atoms with Gasteiger partial charge in [-0.25, -0.2) is 42.0 Å². The van der Waals surface area contributed by atoms with Crippen LogP contribution in [0, 0.1) is 0 Å². The van der Waals surface area contributed by atoms with Crippen molar-refractivity contribution in [2.75, 3.05) is 118 Å². The van der Waals surface area contributed by atoms with Crippen LogP contribution in [0.4, 0.5) is 0 Å². The summed E-state index contributed by atoms with van der Waals surface area (Å²) in [5.74, 6) is -1.60. The maximum absolute atomic E-state index is 7.72. The largest absolute Gasteiger partial charge is 0.372 e. The quantitative estimate of drug-likeness (QED) is 0.0550. The molecule has 0 N–H and O–H groups in total. The van der Waals surface area contributed by atoms with Crippen molar-refractivity contribution in [1.82, 2.24) is 42.0 Å². The van der Waals surface area contributed by atoms with Crippen LogP contribution in [0.25, 0.3) is 0 Å². The van der Waals surface area contributed by atoms with Gasteiger partial charge in [0.05, 0.1) is 0 Å². The number of hydrogen-bond donors (Lipinski definition) is 0. The lowest BCUT2D eigenvalue weighted by molar-refractivity contribution is 0.117. The zero-order valence-corrected chi connectivity index (χ0v) is 55.5. The minimum Gasteiger partial charge on any atom is -0.300 e. The van der Waals surface area contributed by atoms with Crippen molar-refractivity contribution in [1.29, 1.82) is 0 Å². The lowest BCUT2D eigenvalue weighted by Crippen LogP contribution is -2.47. The molecule has 0 rings (SSSR count). The smallest absolute Gasteiger partial charge is 0.300 e. The lowest BCUT2D eigenvalue weighted by atomic mass is 10.4. The van der Waals surface area contributed by atoms with E-state index in [0.717, 1.165) is 233 Å². The van der Waals surface area contributed by atoms with Crippen LogP contribution in [-0.2, 0) is 4.52 Å². The molecule has 0 aliphatic carbocycles. The van der Waals surface area contributed by atoms with E-state index in [9.17, 15) is 0 Å². The minimum absolute atomic E-state index is 0.966. The minimum atomic E-state index is -2.88. The Hall–Kier alpha value is 0.720. The molecule has 0 bridgehead atoms. The first-order valence-corrected chi connectivity index (χ1v) is 36.2. The Morgan fingerprint density at radius 3 is 0.403 bits per heavy atom. The van der Waals surface area contributed by atoms with Gasteiger partial charge in [0.15, 0.2) is 22.5 Å². The maximum atomic E-state index is 7.72. The van der Waals surface area contributed by atoms with Crippen LogP contribution in [0.5, 0.6) is 0 Å². The van der Waals surface area contributed by atoms with E-state index in [1.807, 2.05) is 0 Å². The fourth-order valence-electron chi connectivity index (χ4n) is 10.9. The normalized spacial score (nSPS) is 13.3. The standard InChI is InChI=1S/C55H128N12OP4/c1-19-37-59(38-20-2)70(60(39-21-3)40-22-4,61(41-23-5)42-24-6)56-55(68-69,57-71(62(43-25-7)44-26-8,63(45-27-9)46-28-10)64(47-29-11)48-30-12)58-72(65(49-31-13)50-32-14,66(51-33-15)52-34-16)67(53-35-17)54-36-18/h19-54,69H2,1-18H3. The van der Waals surface area contributed by atoms with E-state index in [-0.39, 0.29) is 0 Å². The molecule has 17 heteroatoms. The number of rotatable bonds is 49. The summed E-state index contributed by atoms with van der Waals surface area (Å²) in [5, 5.41) is 0. The summed E-state index contributed by atoms with van der Waals surface area (Å²) in [6.07, 6.45) is 18.9. The Morgan fingerprint density at radius 1 is 0.236 bits per heavy atom. The van der Waals surface area contributed by atoms with Crippen LogP contribution >= 0.6 is 32.0 Å². The molecular formula is C55H128N12OP4. The molecule has 13 nitrogen and oxygen atoms in total. The topological polar surface area (TPSA) is 75.5 Å². The van der Waals surface area contributed by atoms with Crippen LogP contribution in [0.3, 0.4) is 0 Å². The van der Waals surface area contributed by atoms with Gasteiger partial charge in [0.25, 0.3) is 0 Å². The van der Waals surface area contributed by atoms with Crippen molar-refractivity contribution in [3.8, 4) is 0 Å². The Morgan fingerprint density at radius 2 is 0.333 bits per heavy atom. The van der Waals surface area contributed by atoms with Gasteiger partial charge >= 0.3 is 5.97 Å². The molecule has 0 aromatic heterocycles. The third-order valence-electron chi connectivity index (χ3n) is 13.0. The van der Waals surface area contributed by atoms with Crippen molar-refractivity contribution in [3.05, 3.63) is 0 Å². The van der Waals surface area contributed by atoms with E-state index in [2.05, 4.69) is 176 Å². The van der Waals surface area contributed by atoms with Crippen molar-refractivity contribution in [2.24, 2.45) is 14.2 Å². The average Bonchev–Trinajstić information content (AvgIpc) is 3.36. The lowest BCUT2D eigenvalue weighted by Gasteiger charge is -2.54. The molecule has 434 valence electrons. The van der Waals surface area contributed by atoms with E-state index in [0.29, 0.717) is 0 Å². The zero-order valence-electron chi connectivity index (χ0n) is 51.6. The molecular weight excluding hydrogens is 969 g/mol. The molecule has 0 aliphatic rings. The molecule has 1 atom stereocenters. The zero-order chi connectivity index (χ0) is 54.5. The van der Waals surface area contributed by atoms with Gasteiger partial charge in [-0.05, 0) is 116 Å². The Balaban J connectivity index is 11.9. The van der Waals surface area contributed by atoms with Crippen LogP contribution in [0.15, 0.2) is 14.2 Å².